The fraction of sp³-hybridized carbons (Fsp3) is 0.231. The van der Waals surface area contributed by atoms with Crippen LogP contribution in [-0.4, -0.2) is 37.7 Å². The smallest absolute Gasteiger partial charge is 0.312 e. The third-order valence-electron chi connectivity index (χ3n) is 5.36. The molecular weight excluding hydrogens is 461 g/mol. The first-order valence-corrected chi connectivity index (χ1v) is 10.5. The predicted molar refractivity (Wildman–Crippen MR) is 127 cm³/mol. The highest BCUT2D eigenvalue weighted by atomic mass is 19.4. The molecule has 0 radical (unpaired) electrons. The molecule has 0 spiro atoms. The monoisotopic (exact) mass is 486 g/mol. The van der Waals surface area contributed by atoms with Crippen molar-refractivity contribution in [2.75, 3.05) is 16.8 Å². The van der Waals surface area contributed by atoms with Gasteiger partial charge in [-0.1, -0.05) is 30.3 Å². The molecular formula is C26H25F3N2O4. The Kier molecular flexibility index (Phi) is 8.88. The number of rotatable bonds is 8. The van der Waals surface area contributed by atoms with Gasteiger partial charge in [-0.2, -0.15) is 13.2 Å². The number of allylic oxidation sites excluding steroid dienone is 2. The van der Waals surface area contributed by atoms with Gasteiger partial charge < -0.3 is 4.90 Å². The Morgan fingerprint density at radius 3 is 1.86 bits per heavy atom. The number of nitrogens with zero attached hydrogens (tertiary/aromatic N) is 2. The molecule has 0 saturated heterocycles. The molecule has 0 heterocycles. The summed E-state index contributed by atoms with van der Waals surface area (Å²) < 4.78 is 42.6. The first-order valence-electron chi connectivity index (χ1n) is 10.5. The van der Waals surface area contributed by atoms with Crippen LogP contribution in [0, 0.1) is 13.8 Å². The van der Waals surface area contributed by atoms with Gasteiger partial charge in [0.05, 0.1) is 5.69 Å². The van der Waals surface area contributed by atoms with Gasteiger partial charge in [-0.25, -0.2) is 4.90 Å². The molecule has 0 saturated carbocycles. The van der Waals surface area contributed by atoms with Gasteiger partial charge in [0.25, 0.3) is 11.8 Å². The fourth-order valence-electron chi connectivity index (χ4n) is 3.74. The zero-order valence-electron chi connectivity index (χ0n) is 19.7. The van der Waals surface area contributed by atoms with E-state index in [1.165, 1.54) is 67.4 Å². The molecule has 3 amide bonds. The first kappa shape index (κ1) is 27.2. The number of anilines is 2. The number of benzene rings is 2. The zero-order chi connectivity index (χ0) is 26.3. The molecule has 184 valence electrons. The quantitative estimate of drug-likeness (QED) is 0.398. The molecule has 0 aliphatic heterocycles. The number of halogens is 3. The zero-order valence-corrected chi connectivity index (χ0v) is 19.7. The minimum atomic E-state index is -4.64. The van der Waals surface area contributed by atoms with Gasteiger partial charge in [0.2, 0.25) is 6.41 Å². The van der Waals surface area contributed by atoms with Crippen LogP contribution in [0.25, 0.3) is 0 Å². The lowest BCUT2D eigenvalue weighted by atomic mass is 9.88. The molecule has 2 rings (SSSR count). The highest BCUT2D eigenvalue weighted by molar-refractivity contribution is 6.12. The molecule has 2 aromatic rings. The van der Waals surface area contributed by atoms with Gasteiger partial charge in [-0.15, -0.1) is 0 Å². The summed E-state index contributed by atoms with van der Waals surface area (Å²) in [7, 11) is 1.45. The number of aldehydes is 1. The maximum absolute atomic E-state index is 14.2. The van der Waals surface area contributed by atoms with Crippen LogP contribution in [0.15, 0.2) is 60.7 Å². The molecule has 35 heavy (non-hydrogen) atoms. The van der Waals surface area contributed by atoms with Crippen LogP contribution >= 0.6 is 0 Å². The molecule has 9 heteroatoms. The Hall–Kier alpha value is -4.01. The normalized spacial score (nSPS) is 12.5. The van der Waals surface area contributed by atoms with Crippen molar-refractivity contribution in [2.24, 2.45) is 0 Å². The summed E-state index contributed by atoms with van der Waals surface area (Å²) in [6.45, 7) is 4.71. The van der Waals surface area contributed by atoms with Crippen molar-refractivity contribution in [1.29, 1.82) is 0 Å². The lowest BCUT2D eigenvalue weighted by Gasteiger charge is -2.25. The molecule has 0 fully saturated rings. The van der Waals surface area contributed by atoms with Crippen LogP contribution in [-0.2, 0) is 19.2 Å². The maximum atomic E-state index is 14.2. The summed E-state index contributed by atoms with van der Waals surface area (Å²) in [6, 6.07) is 7.92. The second kappa shape index (κ2) is 11.4. The molecule has 0 aliphatic carbocycles. The van der Waals surface area contributed by atoms with Crippen molar-refractivity contribution in [3.05, 3.63) is 83.0 Å². The van der Waals surface area contributed by atoms with E-state index in [4.69, 9.17) is 0 Å². The van der Waals surface area contributed by atoms with Gasteiger partial charge in [0, 0.05) is 18.8 Å². The van der Waals surface area contributed by atoms with Crippen LogP contribution in [0.3, 0.4) is 0 Å². The van der Waals surface area contributed by atoms with E-state index in [1.54, 1.807) is 13.8 Å². The first-order chi connectivity index (χ1) is 16.5. The Morgan fingerprint density at radius 2 is 1.43 bits per heavy atom. The van der Waals surface area contributed by atoms with Crippen LogP contribution in [0.4, 0.5) is 24.5 Å². The number of amides is 3. The van der Waals surface area contributed by atoms with Crippen LogP contribution in [0.1, 0.15) is 35.1 Å². The fourth-order valence-corrected chi connectivity index (χ4v) is 3.74. The van der Waals surface area contributed by atoms with Crippen LogP contribution < -0.4 is 9.80 Å². The Bertz CT molecular complexity index is 1190. The van der Waals surface area contributed by atoms with E-state index in [0.717, 1.165) is 17.1 Å². The van der Waals surface area contributed by atoms with Crippen molar-refractivity contribution in [3.63, 3.8) is 0 Å². The predicted octanol–water partition coefficient (Wildman–Crippen LogP) is 4.78. The number of carbonyl (C=O) groups excluding carboxylic acids is 4. The van der Waals surface area contributed by atoms with Crippen LogP contribution in [0.2, 0.25) is 0 Å². The molecule has 0 bridgehead atoms. The lowest BCUT2D eigenvalue weighted by molar-refractivity contribution is -0.141. The third kappa shape index (κ3) is 6.32. The molecule has 1 atom stereocenters. The summed E-state index contributed by atoms with van der Waals surface area (Å²) in [5, 5.41) is 0. The number of alkyl halides is 3. The van der Waals surface area contributed by atoms with Crippen molar-refractivity contribution in [2.45, 2.75) is 32.9 Å². The summed E-state index contributed by atoms with van der Waals surface area (Å²) >= 11 is 0. The van der Waals surface area contributed by atoms with Gasteiger partial charge in [0.15, 0.2) is 0 Å². The Balaban J connectivity index is 2.51. The number of likely N-dealkylation sites (N-methyl/N-ethyl adjacent to an activating group) is 1. The van der Waals surface area contributed by atoms with Crippen molar-refractivity contribution >= 4 is 35.9 Å². The second-order valence-corrected chi connectivity index (χ2v) is 7.77. The molecule has 1 unspecified atom stereocenters. The molecule has 6 nitrogen and oxygen atoms in total. The Labute approximate surface area is 201 Å². The number of hydrogen-bond acceptors (Lipinski definition) is 4. The second-order valence-electron chi connectivity index (χ2n) is 7.77. The topological polar surface area (TPSA) is 74.8 Å². The average molecular weight is 486 g/mol. The van der Waals surface area contributed by atoms with Gasteiger partial charge >= 0.3 is 6.18 Å². The third-order valence-corrected chi connectivity index (χ3v) is 5.36. The van der Waals surface area contributed by atoms with E-state index >= 15 is 0 Å². The van der Waals surface area contributed by atoms with Crippen molar-refractivity contribution in [1.82, 2.24) is 0 Å². The summed E-state index contributed by atoms with van der Waals surface area (Å²) in [6.07, 6.45) is 0.864. The van der Waals surface area contributed by atoms with Crippen molar-refractivity contribution < 1.29 is 32.3 Å². The largest absolute Gasteiger partial charge is 0.399 e. The van der Waals surface area contributed by atoms with Gasteiger partial charge in [-0.3, -0.25) is 19.2 Å². The van der Waals surface area contributed by atoms with Crippen molar-refractivity contribution in [3.8, 4) is 0 Å². The van der Waals surface area contributed by atoms with E-state index in [0.29, 0.717) is 29.5 Å². The molecule has 2 aromatic carbocycles. The standard InChI is InChI=1S/C26H25F3N2O4/c1-5-7-24(35)31(16-33)22-12-10-20(15-18(22)3)25(26(27,28)29)19-9-11-21(17(2)14-19)30(4)23(34)8-6-13-32/h5-16,25H,1-4H3/b7-5-,8-6-. The number of hydrogen-bond donors (Lipinski definition) is 0. The summed E-state index contributed by atoms with van der Waals surface area (Å²) in [5.74, 6) is -3.09. The van der Waals surface area contributed by atoms with E-state index in [2.05, 4.69) is 0 Å². The van der Waals surface area contributed by atoms with Crippen LogP contribution in [0.5, 0.6) is 0 Å². The minimum Gasteiger partial charge on any atom is -0.312 e. The van der Waals surface area contributed by atoms with E-state index < -0.39 is 23.9 Å². The van der Waals surface area contributed by atoms with E-state index in [-0.39, 0.29) is 16.8 Å². The Morgan fingerprint density at radius 1 is 0.886 bits per heavy atom. The number of aryl methyl sites for hydroxylation is 2. The summed E-state index contributed by atoms with van der Waals surface area (Å²) in [5.41, 5.74) is 1.24. The average Bonchev–Trinajstić information content (AvgIpc) is 2.78. The highest BCUT2D eigenvalue weighted by Gasteiger charge is 2.42. The van der Waals surface area contributed by atoms with E-state index in [9.17, 15) is 32.3 Å². The SMILES string of the molecule is C/C=C\C(=O)N(C=O)c1ccc(C(c2ccc(N(C)C(=O)/C=C\C=O)c(C)c2)C(F)(F)F)cc1C. The van der Waals surface area contributed by atoms with E-state index in [1.807, 2.05) is 0 Å². The maximum Gasteiger partial charge on any atom is 0.399 e. The lowest BCUT2D eigenvalue weighted by Crippen LogP contribution is -2.28. The van der Waals surface area contributed by atoms with Gasteiger partial charge in [-0.05, 0) is 67.3 Å². The number of carbonyl (C=O) groups is 4. The molecule has 0 N–H and O–H groups in total. The van der Waals surface area contributed by atoms with Gasteiger partial charge in [0.1, 0.15) is 12.2 Å². The number of imide groups is 1. The molecule has 0 aromatic heterocycles. The summed E-state index contributed by atoms with van der Waals surface area (Å²) in [4.78, 5) is 48.2. The minimum absolute atomic E-state index is 0.0348. The molecule has 0 aliphatic rings. The highest BCUT2D eigenvalue weighted by Crippen LogP contribution is 2.42.